The maximum atomic E-state index is 13.0. The average molecular weight is 413 g/mol. The molecule has 0 spiro atoms. The van der Waals surface area contributed by atoms with Gasteiger partial charge >= 0.3 is 0 Å². The van der Waals surface area contributed by atoms with Crippen molar-refractivity contribution in [1.29, 1.82) is 0 Å². The fourth-order valence-corrected chi connectivity index (χ4v) is 6.59. The van der Waals surface area contributed by atoms with E-state index in [0.717, 1.165) is 61.9 Å². The summed E-state index contributed by atoms with van der Waals surface area (Å²) >= 11 is 3.54. The molecule has 3 heterocycles. The fraction of sp³-hybridized carbons (Fsp3) is 0.455. The number of benzene rings is 1. The van der Waals surface area contributed by atoms with Gasteiger partial charge in [0.2, 0.25) is 0 Å². The Balaban J connectivity index is 1.20. The predicted octanol–water partition coefficient (Wildman–Crippen LogP) is 3.02. The van der Waals surface area contributed by atoms with E-state index < -0.39 is 0 Å². The summed E-state index contributed by atoms with van der Waals surface area (Å²) in [5.41, 5.74) is 2.53. The lowest BCUT2D eigenvalue weighted by molar-refractivity contribution is -0.917. The maximum Gasteiger partial charge on any atom is 0.264 e. The van der Waals surface area contributed by atoms with E-state index in [1.54, 1.807) is 22.7 Å². The van der Waals surface area contributed by atoms with E-state index in [4.69, 9.17) is 4.98 Å². The van der Waals surface area contributed by atoms with Crippen molar-refractivity contribution in [2.24, 2.45) is 5.92 Å². The Labute approximate surface area is 173 Å². The Morgan fingerprint density at radius 2 is 2.07 bits per heavy atom. The molecule has 0 unspecified atom stereocenters. The molecular weight excluding hydrogens is 386 g/mol. The summed E-state index contributed by atoms with van der Waals surface area (Å²) in [6.45, 7) is 6.98. The number of hydrogen-bond acceptors (Lipinski definition) is 4. The van der Waals surface area contributed by atoms with Crippen molar-refractivity contribution < 1.29 is 9.69 Å². The highest BCUT2D eigenvalue weighted by Gasteiger charge is 2.28. The standard InChI is InChI=1S/C22H25N3OS2/c1-15-6-7-18-16(12-15)13-20(27-18)22(26)25-10-8-24(9-11-25)14-21-23-17-4-2-3-5-19(17)28-21/h2-5,13,15H,6-12,14H2,1H3/p+1/t15-/m0/s1. The van der Waals surface area contributed by atoms with Gasteiger partial charge in [-0.25, -0.2) is 4.98 Å². The molecule has 1 atom stereocenters. The number of carbonyl (C=O) groups is 1. The summed E-state index contributed by atoms with van der Waals surface area (Å²) < 4.78 is 1.27. The molecule has 2 aromatic heterocycles. The second-order valence-electron chi connectivity index (χ2n) is 8.20. The second-order valence-corrected chi connectivity index (χ2v) is 10.5. The first-order valence-corrected chi connectivity index (χ1v) is 11.9. The van der Waals surface area contributed by atoms with Crippen molar-refractivity contribution in [3.63, 3.8) is 0 Å². The molecule has 0 saturated carbocycles. The minimum Gasteiger partial charge on any atom is -0.327 e. The second kappa shape index (κ2) is 7.58. The third-order valence-corrected chi connectivity index (χ3v) is 8.30. The van der Waals surface area contributed by atoms with Crippen LogP contribution in [-0.4, -0.2) is 42.0 Å². The number of thiophene rings is 1. The quantitative estimate of drug-likeness (QED) is 0.718. The number of aryl methyl sites for hydroxylation is 1. The third kappa shape index (κ3) is 3.61. The van der Waals surface area contributed by atoms with Gasteiger partial charge in [0.1, 0.15) is 11.6 Å². The SMILES string of the molecule is C[C@H]1CCc2sc(C(=O)N3CC[NH+](Cc4nc5ccccc5s4)CC3)cc2C1. The van der Waals surface area contributed by atoms with Crippen LogP contribution < -0.4 is 4.90 Å². The van der Waals surface area contributed by atoms with Gasteiger partial charge in [0.15, 0.2) is 0 Å². The van der Waals surface area contributed by atoms with E-state index in [1.807, 2.05) is 6.07 Å². The highest BCUT2D eigenvalue weighted by Crippen LogP contribution is 2.32. The monoisotopic (exact) mass is 412 g/mol. The van der Waals surface area contributed by atoms with Gasteiger partial charge in [-0.3, -0.25) is 4.79 Å². The number of nitrogens with one attached hydrogen (secondary N) is 1. The van der Waals surface area contributed by atoms with Gasteiger partial charge in [0.05, 0.1) is 41.3 Å². The number of amides is 1. The van der Waals surface area contributed by atoms with Crippen LogP contribution in [0.1, 0.15) is 38.5 Å². The van der Waals surface area contributed by atoms with Crippen molar-refractivity contribution in [3.8, 4) is 0 Å². The van der Waals surface area contributed by atoms with Crippen LogP contribution in [0.5, 0.6) is 0 Å². The van der Waals surface area contributed by atoms with Crippen LogP contribution in [0.2, 0.25) is 0 Å². The zero-order valence-electron chi connectivity index (χ0n) is 16.2. The van der Waals surface area contributed by atoms with Crippen molar-refractivity contribution in [1.82, 2.24) is 9.88 Å². The molecule has 1 N–H and O–H groups in total. The van der Waals surface area contributed by atoms with Gasteiger partial charge in [0, 0.05) is 4.88 Å². The predicted molar refractivity (Wildman–Crippen MR) is 115 cm³/mol. The summed E-state index contributed by atoms with van der Waals surface area (Å²) in [6, 6.07) is 10.5. The van der Waals surface area contributed by atoms with Crippen LogP contribution in [0.3, 0.4) is 0 Å². The van der Waals surface area contributed by atoms with Crippen LogP contribution >= 0.6 is 22.7 Å². The van der Waals surface area contributed by atoms with Crippen molar-refractivity contribution in [3.05, 3.63) is 50.7 Å². The number of quaternary nitrogens is 1. The molecular formula is C22H26N3OS2+. The van der Waals surface area contributed by atoms with Gasteiger partial charge in [-0.15, -0.1) is 22.7 Å². The van der Waals surface area contributed by atoms with Gasteiger partial charge < -0.3 is 9.80 Å². The van der Waals surface area contributed by atoms with Crippen LogP contribution in [0.25, 0.3) is 10.2 Å². The third-order valence-electron chi connectivity index (χ3n) is 6.04. The molecule has 4 nitrogen and oxygen atoms in total. The largest absolute Gasteiger partial charge is 0.327 e. The van der Waals surface area contributed by atoms with Crippen LogP contribution in [-0.2, 0) is 19.4 Å². The molecule has 0 bridgehead atoms. The van der Waals surface area contributed by atoms with Crippen LogP contribution in [0.4, 0.5) is 0 Å². The van der Waals surface area contributed by atoms with Crippen LogP contribution in [0.15, 0.2) is 30.3 Å². The molecule has 28 heavy (non-hydrogen) atoms. The van der Waals surface area contributed by atoms with Crippen molar-refractivity contribution in [2.75, 3.05) is 26.2 Å². The number of piperazine rings is 1. The first kappa shape index (κ1) is 18.3. The molecule has 1 amide bonds. The minimum atomic E-state index is 0.242. The average Bonchev–Trinajstić information content (AvgIpc) is 3.31. The molecule has 3 aromatic rings. The molecule has 1 saturated heterocycles. The van der Waals surface area contributed by atoms with E-state index in [0.29, 0.717) is 0 Å². The van der Waals surface area contributed by atoms with Crippen molar-refractivity contribution >= 4 is 38.8 Å². The zero-order valence-corrected chi connectivity index (χ0v) is 17.9. The molecule has 1 aliphatic heterocycles. The minimum absolute atomic E-state index is 0.242. The van der Waals surface area contributed by atoms with E-state index in [-0.39, 0.29) is 5.91 Å². The Kier molecular flexibility index (Phi) is 4.95. The van der Waals surface area contributed by atoms with Gasteiger partial charge in [-0.05, 0) is 48.9 Å². The number of thiazole rings is 1. The molecule has 146 valence electrons. The summed E-state index contributed by atoms with van der Waals surface area (Å²) in [6.07, 6.45) is 3.54. The van der Waals surface area contributed by atoms with Gasteiger partial charge in [-0.2, -0.15) is 0 Å². The number of nitrogens with zero attached hydrogens (tertiary/aromatic N) is 2. The molecule has 2 aliphatic rings. The highest BCUT2D eigenvalue weighted by atomic mass is 32.1. The lowest BCUT2D eigenvalue weighted by Crippen LogP contribution is -3.13. The smallest absolute Gasteiger partial charge is 0.264 e. The number of aromatic nitrogens is 1. The summed E-state index contributed by atoms with van der Waals surface area (Å²) in [4.78, 5) is 23.8. The lowest BCUT2D eigenvalue weighted by Gasteiger charge is -2.31. The van der Waals surface area contributed by atoms with Crippen LogP contribution in [0, 0.1) is 5.92 Å². The number of hydrogen-bond donors (Lipinski definition) is 1. The van der Waals surface area contributed by atoms with Gasteiger partial charge in [0.25, 0.3) is 5.91 Å². The van der Waals surface area contributed by atoms with E-state index in [1.165, 1.54) is 31.5 Å². The Morgan fingerprint density at radius 1 is 1.25 bits per heavy atom. The van der Waals surface area contributed by atoms with E-state index >= 15 is 0 Å². The van der Waals surface area contributed by atoms with E-state index in [9.17, 15) is 4.79 Å². The lowest BCUT2D eigenvalue weighted by atomic mass is 9.90. The molecule has 1 aromatic carbocycles. The Hall–Kier alpha value is -1.76. The molecule has 5 rings (SSSR count). The molecule has 0 radical (unpaired) electrons. The number of fused-ring (bicyclic) bond motifs is 2. The Bertz CT molecular complexity index is 967. The molecule has 1 fully saturated rings. The fourth-order valence-electron chi connectivity index (χ4n) is 4.38. The molecule has 6 heteroatoms. The summed E-state index contributed by atoms with van der Waals surface area (Å²) in [7, 11) is 0. The highest BCUT2D eigenvalue weighted by molar-refractivity contribution is 7.18. The zero-order chi connectivity index (χ0) is 19.1. The topological polar surface area (TPSA) is 37.6 Å². The first-order chi connectivity index (χ1) is 13.7. The van der Waals surface area contributed by atoms with Crippen molar-refractivity contribution in [2.45, 2.75) is 32.7 Å². The Morgan fingerprint density at radius 3 is 2.89 bits per heavy atom. The summed E-state index contributed by atoms with van der Waals surface area (Å²) in [5, 5.41) is 1.20. The first-order valence-electron chi connectivity index (χ1n) is 10.2. The summed E-state index contributed by atoms with van der Waals surface area (Å²) in [5.74, 6) is 0.991. The van der Waals surface area contributed by atoms with E-state index in [2.05, 4.69) is 36.1 Å². The molecule has 1 aliphatic carbocycles. The van der Waals surface area contributed by atoms with Gasteiger partial charge in [-0.1, -0.05) is 19.1 Å². The number of carbonyl (C=O) groups excluding carboxylic acids is 1. The normalized spacial score (nSPS) is 20.5. The maximum absolute atomic E-state index is 13.0. The number of rotatable bonds is 3. The number of para-hydroxylation sites is 1.